The van der Waals surface area contributed by atoms with E-state index in [1.165, 1.54) is 12.7 Å². The molecule has 4 aliphatic rings. The minimum atomic E-state index is -0.999. The second-order valence-corrected chi connectivity index (χ2v) is 8.95. The predicted molar refractivity (Wildman–Crippen MR) is 110 cm³/mol. The minimum absolute atomic E-state index is 0.0396. The number of rotatable bonds is 2. The highest BCUT2D eigenvalue weighted by molar-refractivity contribution is 6.22. The first-order valence-corrected chi connectivity index (χ1v) is 10.3. The third-order valence-corrected chi connectivity index (χ3v) is 7.74. The number of benzene rings is 1. The molecule has 1 aromatic carbocycles. The number of dihydropyridines is 1. The highest BCUT2D eigenvalue weighted by Crippen LogP contribution is 2.59. The van der Waals surface area contributed by atoms with Gasteiger partial charge in [-0.25, -0.2) is 9.79 Å². The van der Waals surface area contributed by atoms with Crippen LogP contribution in [0.3, 0.4) is 0 Å². The summed E-state index contributed by atoms with van der Waals surface area (Å²) in [5.74, 6) is -0.720. The number of hydrogen-bond acceptors (Lipinski definition) is 6. The zero-order valence-electron chi connectivity index (χ0n) is 17.5. The first kappa shape index (κ1) is 19.5. The number of methoxy groups -OCH3 is 2. The second-order valence-electron chi connectivity index (χ2n) is 8.95. The molecule has 0 spiro atoms. The van der Waals surface area contributed by atoms with Crippen molar-refractivity contribution in [3.05, 3.63) is 41.0 Å². The number of likely N-dealkylation sites (N-methyl/N-ethyl adjacent to an activating group) is 1. The van der Waals surface area contributed by atoms with Crippen LogP contribution in [-0.2, 0) is 26.2 Å². The molecule has 2 fully saturated rings. The Morgan fingerprint density at radius 2 is 2.13 bits per heavy atom. The molecule has 7 nitrogen and oxygen atoms in total. The Hall–Kier alpha value is -2.51. The van der Waals surface area contributed by atoms with Crippen LogP contribution in [0, 0.1) is 5.92 Å². The summed E-state index contributed by atoms with van der Waals surface area (Å²) in [6, 6.07) is 6.06. The van der Waals surface area contributed by atoms with Crippen molar-refractivity contribution < 1.29 is 24.2 Å². The number of aliphatic imine (C=N–C) groups is 1. The normalized spacial score (nSPS) is 34.7. The number of carbonyl (C=O) groups is 2. The second kappa shape index (κ2) is 6.49. The van der Waals surface area contributed by atoms with Crippen LogP contribution in [0.15, 0.2) is 34.8 Å². The number of likely N-dealkylation sites (tertiary alicyclic amines) is 1. The van der Waals surface area contributed by atoms with Crippen LogP contribution in [0.4, 0.5) is 0 Å². The number of piperidine rings is 1. The van der Waals surface area contributed by atoms with Crippen molar-refractivity contribution in [2.24, 2.45) is 10.9 Å². The van der Waals surface area contributed by atoms with E-state index in [9.17, 15) is 14.7 Å². The van der Waals surface area contributed by atoms with Gasteiger partial charge in [0.25, 0.3) is 5.91 Å². The fourth-order valence-corrected chi connectivity index (χ4v) is 6.20. The van der Waals surface area contributed by atoms with Crippen LogP contribution in [0.1, 0.15) is 30.4 Å². The largest absolute Gasteiger partial charge is 0.497 e. The van der Waals surface area contributed by atoms with Crippen LogP contribution in [0.2, 0.25) is 0 Å². The number of amides is 1. The van der Waals surface area contributed by atoms with Gasteiger partial charge in [0.1, 0.15) is 11.3 Å². The number of fused-ring (bicyclic) bond motifs is 2. The van der Waals surface area contributed by atoms with Gasteiger partial charge in [-0.1, -0.05) is 12.1 Å². The first-order valence-electron chi connectivity index (χ1n) is 10.3. The Balaban J connectivity index is 1.66. The van der Waals surface area contributed by atoms with E-state index in [0.29, 0.717) is 12.8 Å². The van der Waals surface area contributed by atoms with E-state index in [1.807, 2.05) is 12.1 Å². The van der Waals surface area contributed by atoms with Gasteiger partial charge in [-0.2, -0.15) is 0 Å². The summed E-state index contributed by atoms with van der Waals surface area (Å²) < 4.78 is 10.2. The number of hydrogen-bond donors (Lipinski definition) is 1. The average molecular weight is 410 g/mol. The van der Waals surface area contributed by atoms with Gasteiger partial charge in [0.05, 0.1) is 19.8 Å². The number of carbonyl (C=O) groups excluding carboxylic acids is 2. The van der Waals surface area contributed by atoms with Gasteiger partial charge in [0.2, 0.25) is 0 Å². The quantitative estimate of drug-likeness (QED) is 0.586. The van der Waals surface area contributed by atoms with Gasteiger partial charge in [0.15, 0.2) is 0 Å². The van der Waals surface area contributed by atoms with Gasteiger partial charge >= 0.3 is 5.97 Å². The van der Waals surface area contributed by atoms with E-state index < -0.39 is 22.9 Å². The van der Waals surface area contributed by atoms with Crippen molar-refractivity contribution in [1.29, 1.82) is 0 Å². The molecule has 1 saturated heterocycles. The summed E-state index contributed by atoms with van der Waals surface area (Å²) in [5.41, 5.74) is 1.49. The molecule has 1 saturated carbocycles. The molecule has 5 rings (SSSR count). The van der Waals surface area contributed by atoms with Crippen LogP contribution in [-0.4, -0.2) is 67.0 Å². The first-order chi connectivity index (χ1) is 14.3. The molecular formula is C23H26N2O5. The van der Waals surface area contributed by atoms with Crippen LogP contribution >= 0.6 is 0 Å². The topological polar surface area (TPSA) is 88.4 Å². The molecular weight excluding hydrogens is 384 g/mol. The standard InChI is InChI=1S/C23H26N2O5/c1-25-7-6-22-12-18-14(8-16(20(26)24-18)21(27)30-3)11-23(22,28)19(25)9-13-4-5-15(29-2)10-17(13)22/h4-5,8,10,14,19,28H,6-7,9,11-12H2,1-3H3/t14?,19-,22-,23-/m1/s1. The van der Waals surface area contributed by atoms with Crippen molar-refractivity contribution >= 4 is 17.6 Å². The number of aliphatic hydroxyl groups is 1. The molecule has 0 aromatic heterocycles. The van der Waals surface area contributed by atoms with E-state index >= 15 is 0 Å². The number of esters is 1. The minimum Gasteiger partial charge on any atom is -0.497 e. The Kier molecular flexibility index (Phi) is 4.21. The molecule has 2 heterocycles. The number of ether oxygens (including phenoxy) is 2. The van der Waals surface area contributed by atoms with Crippen LogP contribution in [0.25, 0.3) is 0 Å². The maximum absolute atomic E-state index is 12.5. The molecule has 1 amide bonds. The van der Waals surface area contributed by atoms with E-state index in [2.05, 4.69) is 23.0 Å². The van der Waals surface area contributed by atoms with E-state index in [4.69, 9.17) is 9.47 Å². The molecule has 158 valence electrons. The summed E-state index contributed by atoms with van der Waals surface area (Å²) in [5, 5.41) is 12.3. The highest BCUT2D eigenvalue weighted by atomic mass is 16.5. The fourth-order valence-electron chi connectivity index (χ4n) is 6.20. The zero-order valence-corrected chi connectivity index (χ0v) is 17.5. The third-order valence-electron chi connectivity index (χ3n) is 7.74. The summed E-state index contributed by atoms with van der Waals surface area (Å²) in [4.78, 5) is 31.1. The number of allylic oxidation sites excluding steroid dienone is 1. The Bertz CT molecular complexity index is 1010. The molecule has 7 heteroatoms. The van der Waals surface area contributed by atoms with E-state index in [-0.39, 0.29) is 17.5 Å². The summed E-state index contributed by atoms with van der Waals surface area (Å²) in [7, 11) is 4.96. The van der Waals surface area contributed by atoms with Crippen molar-refractivity contribution in [2.75, 3.05) is 27.8 Å². The van der Waals surface area contributed by atoms with Crippen molar-refractivity contribution in [1.82, 2.24) is 4.90 Å². The maximum atomic E-state index is 12.5. The SMILES string of the molecule is COC(=O)C1=CC2C[C@@]3(O)[C@H]4Cc5ccc(OC)cc5[C@@]3(CCN4C)CC2=NC1=O. The molecule has 30 heavy (non-hydrogen) atoms. The molecule has 4 atom stereocenters. The van der Waals surface area contributed by atoms with Crippen molar-refractivity contribution in [2.45, 2.75) is 42.7 Å². The summed E-state index contributed by atoms with van der Waals surface area (Å²) in [6.45, 7) is 0.860. The average Bonchev–Trinajstić information content (AvgIpc) is 2.73. The van der Waals surface area contributed by atoms with Crippen molar-refractivity contribution in [3.63, 3.8) is 0 Å². The lowest BCUT2D eigenvalue weighted by Crippen LogP contribution is -2.73. The molecule has 1 unspecified atom stereocenters. The fraction of sp³-hybridized carbons (Fsp3) is 0.522. The van der Waals surface area contributed by atoms with Gasteiger partial charge in [-0.05, 0) is 62.5 Å². The molecule has 0 radical (unpaired) electrons. The monoisotopic (exact) mass is 410 g/mol. The molecule has 2 aliphatic carbocycles. The van der Waals surface area contributed by atoms with E-state index in [0.717, 1.165) is 36.4 Å². The lowest BCUT2D eigenvalue weighted by molar-refractivity contribution is -0.152. The molecule has 2 aliphatic heterocycles. The van der Waals surface area contributed by atoms with Gasteiger partial charge < -0.3 is 19.5 Å². The lowest BCUT2D eigenvalue weighted by atomic mass is 9.47. The smallest absolute Gasteiger partial charge is 0.343 e. The zero-order chi connectivity index (χ0) is 21.3. The van der Waals surface area contributed by atoms with Gasteiger partial charge in [-0.3, -0.25) is 4.79 Å². The lowest BCUT2D eigenvalue weighted by Gasteiger charge is -2.64. The van der Waals surface area contributed by atoms with Crippen molar-refractivity contribution in [3.8, 4) is 5.75 Å². The Morgan fingerprint density at radius 1 is 1.33 bits per heavy atom. The summed E-state index contributed by atoms with van der Waals surface area (Å²) in [6.07, 6.45) is 4.09. The van der Waals surface area contributed by atoms with E-state index in [1.54, 1.807) is 13.2 Å². The molecule has 1 aromatic rings. The summed E-state index contributed by atoms with van der Waals surface area (Å²) >= 11 is 0. The predicted octanol–water partition coefficient (Wildman–Crippen LogP) is 1.41. The Labute approximate surface area is 175 Å². The van der Waals surface area contributed by atoms with Gasteiger partial charge in [-0.15, -0.1) is 0 Å². The van der Waals surface area contributed by atoms with Crippen LogP contribution < -0.4 is 4.74 Å². The third kappa shape index (κ3) is 2.42. The Morgan fingerprint density at radius 3 is 2.87 bits per heavy atom. The van der Waals surface area contributed by atoms with Crippen LogP contribution in [0.5, 0.6) is 5.75 Å². The highest BCUT2D eigenvalue weighted by Gasteiger charge is 2.65. The molecule has 1 N–H and O–H groups in total. The molecule has 2 bridgehead atoms. The number of nitrogens with zero attached hydrogens (tertiary/aromatic N) is 2. The van der Waals surface area contributed by atoms with Gasteiger partial charge in [0, 0.05) is 23.1 Å². The maximum Gasteiger partial charge on any atom is 0.343 e.